The van der Waals surface area contributed by atoms with Crippen LogP contribution in [-0.2, 0) is 19.1 Å². The molecule has 3 N–H and O–H groups in total. The van der Waals surface area contributed by atoms with Crippen LogP contribution in [0.4, 0.5) is 0 Å². The molecule has 2 saturated heterocycles. The third-order valence-electron chi connectivity index (χ3n) is 9.85. The number of carbonyl (C=O) groups excluding carboxylic acids is 2. The number of unbranched alkanes of at least 4 members (excludes halogenated alkanes) is 14. The zero-order chi connectivity index (χ0) is 32.0. The lowest BCUT2D eigenvalue weighted by atomic mass is 9.96. The van der Waals surface area contributed by atoms with E-state index in [2.05, 4.69) is 6.92 Å². The van der Waals surface area contributed by atoms with Gasteiger partial charge in [0.05, 0.1) is 36.4 Å². The molecular weight excluding hydrogens is 556 g/mol. The van der Waals surface area contributed by atoms with Gasteiger partial charge < -0.3 is 29.6 Å². The van der Waals surface area contributed by atoms with E-state index in [9.17, 15) is 24.9 Å². The second-order valence-electron chi connectivity index (χ2n) is 14.1. The van der Waals surface area contributed by atoms with Gasteiger partial charge in [-0.3, -0.25) is 4.79 Å². The Bertz CT molecular complexity index is 743. The van der Waals surface area contributed by atoms with E-state index in [1.54, 1.807) is 0 Å². The van der Waals surface area contributed by atoms with Crippen molar-refractivity contribution in [2.75, 3.05) is 0 Å². The van der Waals surface area contributed by atoms with E-state index < -0.39 is 12.2 Å². The molecular formula is C37H68O7. The zero-order valence-electron chi connectivity index (χ0n) is 28.4. The Morgan fingerprint density at radius 3 is 1.68 bits per heavy atom. The highest BCUT2D eigenvalue weighted by atomic mass is 16.6. The topological polar surface area (TPSA) is 113 Å². The fourth-order valence-corrected chi connectivity index (χ4v) is 7.04. The smallest absolute Gasteiger partial charge is 0.309 e. The first-order valence-electron chi connectivity index (χ1n) is 18.7. The molecule has 7 atom stereocenters. The van der Waals surface area contributed by atoms with Crippen molar-refractivity contribution in [1.29, 1.82) is 0 Å². The van der Waals surface area contributed by atoms with Gasteiger partial charge in [0.1, 0.15) is 11.9 Å². The Morgan fingerprint density at radius 1 is 0.705 bits per heavy atom. The largest absolute Gasteiger partial charge is 0.462 e. The Hall–Kier alpha value is -1.02. The van der Waals surface area contributed by atoms with Crippen molar-refractivity contribution in [2.45, 2.75) is 217 Å². The summed E-state index contributed by atoms with van der Waals surface area (Å²) in [4.78, 5) is 23.1. The number of hydrogen-bond donors (Lipinski definition) is 3. The molecule has 2 rings (SSSR count). The molecule has 0 aromatic rings. The third kappa shape index (κ3) is 17.6. The van der Waals surface area contributed by atoms with Crippen molar-refractivity contribution < 1.29 is 34.4 Å². The summed E-state index contributed by atoms with van der Waals surface area (Å²) in [5.41, 5.74) is 0. The Balaban J connectivity index is 1.38. The number of rotatable bonds is 28. The molecule has 2 heterocycles. The number of aliphatic hydroxyl groups is 3. The van der Waals surface area contributed by atoms with Crippen LogP contribution in [0.2, 0.25) is 0 Å². The van der Waals surface area contributed by atoms with Crippen molar-refractivity contribution in [3.63, 3.8) is 0 Å². The van der Waals surface area contributed by atoms with Gasteiger partial charge in [-0.15, -0.1) is 0 Å². The van der Waals surface area contributed by atoms with Gasteiger partial charge in [-0.1, -0.05) is 110 Å². The lowest BCUT2D eigenvalue weighted by Crippen LogP contribution is -2.31. The molecule has 0 aromatic carbocycles. The molecule has 0 aliphatic carbocycles. The molecule has 44 heavy (non-hydrogen) atoms. The van der Waals surface area contributed by atoms with Gasteiger partial charge in [-0.05, 0) is 64.7 Å². The van der Waals surface area contributed by atoms with Gasteiger partial charge in [0, 0.05) is 6.42 Å². The Labute approximate surface area is 269 Å². The predicted molar refractivity (Wildman–Crippen MR) is 176 cm³/mol. The van der Waals surface area contributed by atoms with E-state index in [4.69, 9.17) is 9.47 Å². The van der Waals surface area contributed by atoms with Crippen LogP contribution in [0.5, 0.6) is 0 Å². The summed E-state index contributed by atoms with van der Waals surface area (Å²) in [6, 6.07) is 0. The van der Waals surface area contributed by atoms with E-state index in [1.807, 2.05) is 0 Å². The molecule has 1 unspecified atom stereocenters. The van der Waals surface area contributed by atoms with Crippen LogP contribution in [0.1, 0.15) is 181 Å². The second-order valence-corrected chi connectivity index (χ2v) is 14.1. The Kier molecular flexibility index (Phi) is 21.5. The Morgan fingerprint density at radius 2 is 1.16 bits per heavy atom. The molecule has 0 amide bonds. The van der Waals surface area contributed by atoms with E-state index in [0.29, 0.717) is 19.3 Å². The van der Waals surface area contributed by atoms with Crippen molar-refractivity contribution >= 4 is 11.8 Å². The number of ether oxygens (including phenoxy) is 2. The maximum atomic E-state index is 11.8. The van der Waals surface area contributed by atoms with Gasteiger partial charge in [-0.2, -0.15) is 0 Å². The highest BCUT2D eigenvalue weighted by Gasteiger charge is 2.35. The van der Waals surface area contributed by atoms with Crippen LogP contribution >= 0.6 is 0 Å². The summed E-state index contributed by atoms with van der Waals surface area (Å²) in [5, 5.41) is 31.6. The minimum Gasteiger partial charge on any atom is -0.462 e. The minimum absolute atomic E-state index is 0.0385. The molecule has 0 radical (unpaired) electrons. The highest BCUT2D eigenvalue weighted by Crippen LogP contribution is 2.29. The summed E-state index contributed by atoms with van der Waals surface area (Å²) in [7, 11) is 0. The molecule has 0 aromatic heterocycles. The van der Waals surface area contributed by atoms with E-state index in [1.165, 1.54) is 64.7 Å². The number of carbonyl (C=O) groups is 2. The van der Waals surface area contributed by atoms with Crippen LogP contribution in [0.15, 0.2) is 0 Å². The summed E-state index contributed by atoms with van der Waals surface area (Å²) in [6.07, 6.45) is 25.1. The first-order chi connectivity index (χ1) is 21.3. The van der Waals surface area contributed by atoms with E-state index in [0.717, 1.165) is 89.9 Å². The first kappa shape index (κ1) is 39.2. The number of esters is 1. The fraction of sp³-hybridized carbons (Fsp3) is 0.946. The highest BCUT2D eigenvalue weighted by molar-refractivity contribution is 5.83. The lowest BCUT2D eigenvalue weighted by Gasteiger charge is -2.22. The van der Waals surface area contributed by atoms with Crippen molar-refractivity contribution in [3.05, 3.63) is 0 Å². The van der Waals surface area contributed by atoms with Crippen molar-refractivity contribution in [3.8, 4) is 0 Å². The maximum absolute atomic E-state index is 11.8. The van der Waals surface area contributed by atoms with Crippen molar-refractivity contribution in [2.24, 2.45) is 5.92 Å². The normalized spacial score (nSPS) is 24.0. The molecule has 0 saturated carbocycles. The second kappa shape index (κ2) is 24.2. The first-order valence-corrected chi connectivity index (χ1v) is 18.7. The van der Waals surface area contributed by atoms with E-state index >= 15 is 0 Å². The number of ketones is 1. The predicted octanol–water partition coefficient (Wildman–Crippen LogP) is 8.13. The van der Waals surface area contributed by atoms with Gasteiger partial charge >= 0.3 is 5.97 Å². The van der Waals surface area contributed by atoms with Gasteiger partial charge in [0.25, 0.3) is 0 Å². The average molecular weight is 625 g/mol. The third-order valence-corrected chi connectivity index (χ3v) is 9.85. The van der Waals surface area contributed by atoms with Crippen LogP contribution in [-0.4, -0.2) is 63.7 Å². The molecule has 7 nitrogen and oxygen atoms in total. The zero-order valence-corrected chi connectivity index (χ0v) is 28.4. The maximum Gasteiger partial charge on any atom is 0.309 e. The van der Waals surface area contributed by atoms with E-state index in [-0.39, 0.29) is 42.1 Å². The lowest BCUT2D eigenvalue weighted by molar-refractivity contribution is -0.145. The number of Topliss-reactive ketones (excluding diaryl/α,β-unsaturated/α-hetero) is 1. The fourth-order valence-electron chi connectivity index (χ4n) is 7.04. The van der Waals surface area contributed by atoms with Crippen LogP contribution in [0.25, 0.3) is 0 Å². The van der Waals surface area contributed by atoms with Crippen molar-refractivity contribution in [1.82, 2.24) is 0 Å². The summed E-state index contributed by atoms with van der Waals surface area (Å²) in [6.45, 7) is 3.78. The van der Waals surface area contributed by atoms with Gasteiger partial charge in [0.2, 0.25) is 0 Å². The average Bonchev–Trinajstić information content (AvgIpc) is 3.62. The van der Waals surface area contributed by atoms with Gasteiger partial charge in [0.15, 0.2) is 0 Å². The summed E-state index contributed by atoms with van der Waals surface area (Å²) < 4.78 is 11.5. The molecule has 0 spiro atoms. The van der Waals surface area contributed by atoms with Crippen LogP contribution < -0.4 is 0 Å². The quantitative estimate of drug-likeness (QED) is 0.0595. The number of cyclic esters (lactones) is 1. The van der Waals surface area contributed by atoms with Crippen LogP contribution in [0.3, 0.4) is 0 Å². The minimum atomic E-state index is -0.470. The number of hydrogen-bond acceptors (Lipinski definition) is 7. The number of aliphatic hydroxyl groups excluding tert-OH is 3. The standard InChI is InChI=1S/C37H68O7/c1-3-4-5-6-7-8-9-10-11-18-23-33(40)35-25-26-36(44-35)34(41)24-19-14-16-21-31(39)20-15-12-13-17-22-32-28-30(27-29(2)38)37(42)43-32/h30-36,39-41H,3-28H2,1-2H3/t30?,31-,32+,33+,34+,35+,36+/m0/s1. The summed E-state index contributed by atoms with van der Waals surface area (Å²) in [5.74, 6) is -0.419. The molecule has 2 aliphatic heterocycles. The molecule has 2 aliphatic rings. The monoisotopic (exact) mass is 624 g/mol. The SMILES string of the molecule is CCCCCCCCCCCC[C@@H](O)[C@H]1CC[C@H]([C@H](O)CCCCC[C@@H](O)CCCCCC[C@@H]2CC(CC(C)=O)C(=O)O2)O1. The van der Waals surface area contributed by atoms with Gasteiger partial charge in [-0.25, -0.2) is 0 Å². The summed E-state index contributed by atoms with van der Waals surface area (Å²) >= 11 is 0. The molecule has 0 bridgehead atoms. The molecule has 258 valence electrons. The van der Waals surface area contributed by atoms with Crippen LogP contribution in [0, 0.1) is 5.92 Å². The molecule has 2 fully saturated rings. The molecule has 7 heteroatoms.